The van der Waals surface area contributed by atoms with Crippen molar-refractivity contribution in [2.45, 2.75) is 13.3 Å². The Morgan fingerprint density at radius 2 is 2.17 bits per heavy atom. The summed E-state index contributed by atoms with van der Waals surface area (Å²) in [6.45, 7) is 2.44. The Bertz CT molecular complexity index is 546. The molecule has 0 unspecified atom stereocenters. The lowest BCUT2D eigenvalue weighted by molar-refractivity contribution is 0.0954. The van der Waals surface area contributed by atoms with Crippen LogP contribution in [0.15, 0.2) is 40.8 Å². The molecule has 0 spiro atoms. The fraction of sp³-hybridized carbons (Fsp3) is 0.214. The minimum absolute atomic E-state index is 0.120. The van der Waals surface area contributed by atoms with Crippen molar-refractivity contribution >= 4 is 11.6 Å². The van der Waals surface area contributed by atoms with Gasteiger partial charge >= 0.3 is 0 Å². The summed E-state index contributed by atoms with van der Waals surface area (Å²) in [5, 5.41) is 2.83. The van der Waals surface area contributed by atoms with Crippen molar-refractivity contribution in [3.63, 3.8) is 0 Å². The average Bonchev–Trinajstić information content (AvgIpc) is 2.75. The van der Waals surface area contributed by atoms with Crippen LogP contribution in [0.2, 0.25) is 0 Å². The van der Waals surface area contributed by atoms with Crippen LogP contribution in [-0.2, 0) is 6.42 Å². The molecule has 0 aliphatic carbocycles. The normalized spacial score (nSPS) is 10.3. The summed E-state index contributed by atoms with van der Waals surface area (Å²) in [4.78, 5) is 11.8. The molecular weight excluding hydrogens is 228 g/mol. The van der Waals surface area contributed by atoms with E-state index in [0.29, 0.717) is 24.2 Å². The number of rotatable bonds is 4. The summed E-state index contributed by atoms with van der Waals surface area (Å²) in [6, 6.07) is 10.7. The van der Waals surface area contributed by atoms with Gasteiger partial charge in [-0.15, -0.1) is 0 Å². The monoisotopic (exact) mass is 244 g/mol. The molecule has 2 aromatic rings. The maximum absolute atomic E-state index is 11.8. The number of carbonyl (C=O) groups excluding carboxylic acids is 1. The van der Waals surface area contributed by atoms with Gasteiger partial charge in [-0.25, -0.2) is 0 Å². The van der Waals surface area contributed by atoms with Gasteiger partial charge in [-0.3, -0.25) is 4.79 Å². The maximum atomic E-state index is 11.8. The standard InChI is InChI=1S/C14H16N2O2/c1-10-5-6-13(18-10)7-8-16-14(17)11-3-2-4-12(15)9-11/h2-6,9H,7-8,15H2,1H3,(H,16,17). The molecule has 1 heterocycles. The van der Waals surface area contributed by atoms with Crippen LogP contribution in [0.5, 0.6) is 0 Å². The Labute approximate surface area is 106 Å². The van der Waals surface area contributed by atoms with E-state index in [4.69, 9.17) is 10.2 Å². The third-order valence-electron chi connectivity index (χ3n) is 2.60. The van der Waals surface area contributed by atoms with Crippen LogP contribution in [0, 0.1) is 6.92 Å². The van der Waals surface area contributed by atoms with Crippen molar-refractivity contribution in [1.82, 2.24) is 5.32 Å². The molecule has 1 aromatic heterocycles. The molecular formula is C14H16N2O2. The second-order valence-electron chi connectivity index (χ2n) is 4.14. The molecule has 0 atom stereocenters. The first-order valence-corrected chi connectivity index (χ1v) is 5.84. The Morgan fingerprint density at radius 1 is 1.33 bits per heavy atom. The molecule has 3 N–H and O–H groups in total. The molecule has 4 heteroatoms. The summed E-state index contributed by atoms with van der Waals surface area (Å²) in [7, 11) is 0. The van der Waals surface area contributed by atoms with Crippen molar-refractivity contribution in [3.8, 4) is 0 Å². The number of nitrogen functional groups attached to an aromatic ring is 1. The predicted molar refractivity (Wildman–Crippen MR) is 70.3 cm³/mol. The minimum atomic E-state index is -0.120. The van der Waals surface area contributed by atoms with Gasteiger partial charge in [-0.1, -0.05) is 6.07 Å². The first-order chi connectivity index (χ1) is 8.65. The van der Waals surface area contributed by atoms with E-state index in [1.54, 1.807) is 24.3 Å². The van der Waals surface area contributed by atoms with Crippen LogP contribution in [0.1, 0.15) is 21.9 Å². The Kier molecular flexibility index (Phi) is 3.67. The predicted octanol–water partition coefficient (Wildman–Crippen LogP) is 2.14. The zero-order valence-electron chi connectivity index (χ0n) is 10.3. The quantitative estimate of drug-likeness (QED) is 0.810. The number of benzene rings is 1. The number of nitrogens with one attached hydrogen (secondary N) is 1. The Balaban J connectivity index is 1.85. The van der Waals surface area contributed by atoms with E-state index in [1.807, 2.05) is 19.1 Å². The van der Waals surface area contributed by atoms with Gasteiger partial charge in [0.15, 0.2) is 0 Å². The largest absolute Gasteiger partial charge is 0.466 e. The molecule has 2 rings (SSSR count). The van der Waals surface area contributed by atoms with Crippen LogP contribution >= 0.6 is 0 Å². The average molecular weight is 244 g/mol. The highest BCUT2D eigenvalue weighted by atomic mass is 16.3. The third kappa shape index (κ3) is 3.13. The van der Waals surface area contributed by atoms with Gasteiger partial charge < -0.3 is 15.5 Å². The lowest BCUT2D eigenvalue weighted by atomic mass is 10.2. The van der Waals surface area contributed by atoms with Crippen LogP contribution in [-0.4, -0.2) is 12.5 Å². The summed E-state index contributed by atoms with van der Waals surface area (Å²) >= 11 is 0. The molecule has 0 radical (unpaired) electrons. The highest BCUT2D eigenvalue weighted by molar-refractivity contribution is 5.94. The first kappa shape index (κ1) is 12.2. The van der Waals surface area contributed by atoms with Gasteiger partial charge in [0, 0.05) is 24.2 Å². The van der Waals surface area contributed by atoms with Crippen molar-refractivity contribution in [2.24, 2.45) is 0 Å². The lowest BCUT2D eigenvalue weighted by Crippen LogP contribution is -2.25. The second kappa shape index (κ2) is 5.40. The molecule has 0 bridgehead atoms. The van der Waals surface area contributed by atoms with Gasteiger partial charge in [0.25, 0.3) is 5.91 Å². The summed E-state index contributed by atoms with van der Waals surface area (Å²) in [5.74, 6) is 1.64. The highest BCUT2D eigenvalue weighted by Crippen LogP contribution is 2.08. The van der Waals surface area contributed by atoms with Gasteiger partial charge in [0.2, 0.25) is 0 Å². The van der Waals surface area contributed by atoms with Crippen molar-refractivity contribution in [3.05, 3.63) is 53.5 Å². The first-order valence-electron chi connectivity index (χ1n) is 5.84. The number of hydrogen-bond acceptors (Lipinski definition) is 3. The molecule has 94 valence electrons. The van der Waals surface area contributed by atoms with Crippen LogP contribution in [0.3, 0.4) is 0 Å². The van der Waals surface area contributed by atoms with Crippen molar-refractivity contribution in [1.29, 1.82) is 0 Å². The smallest absolute Gasteiger partial charge is 0.251 e. The van der Waals surface area contributed by atoms with Crippen LogP contribution in [0.25, 0.3) is 0 Å². The van der Waals surface area contributed by atoms with Crippen molar-refractivity contribution < 1.29 is 9.21 Å². The number of carbonyl (C=O) groups is 1. The summed E-state index contributed by atoms with van der Waals surface area (Å²) < 4.78 is 5.42. The molecule has 0 saturated carbocycles. The zero-order valence-corrected chi connectivity index (χ0v) is 10.3. The number of furan rings is 1. The molecule has 4 nitrogen and oxygen atoms in total. The van der Waals surface area contributed by atoms with E-state index in [-0.39, 0.29) is 5.91 Å². The van der Waals surface area contributed by atoms with Crippen LogP contribution in [0.4, 0.5) is 5.69 Å². The van der Waals surface area contributed by atoms with Crippen LogP contribution < -0.4 is 11.1 Å². The van der Waals surface area contributed by atoms with E-state index >= 15 is 0 Å². The Hall–Kier alpha value is -2.23. The van der Waals surface area contributed by atoms with E-state index in [1.165, 1.54) is 0 Å². The molecule has 0 aliphatic heterocycles. The molecule has 0 fully saturated rings. The minimum Gasteiger partial charge on any atom is -0.466 e. The number of amides is 1. The Morgan fingerprint density at radius 3 is 2.83 bits per heavy atom. The third-order valence-corrected chi connectivity index (χ3v) is 2.60. The highest BCUT2D eigenvalue weighted by Gasteiger charge is 2.05. The van der Waals surface area contributed by atoms with Gasteiger partial charge in [-0.2, -0.15) is 0 Å². The lowest BCUT2D eigenvalue weighted by Gasteiger charge is -2.04. The maximum Gasteiger partial charge on any atom is 0.251 e. The number of nitrogens with two attached hydrogens (primary N) is 1. The SMILES string of the molecule is Cc1ccc(CCNC(=O)c2cccc(N)c2)o1. The van der Waals surface area contributed by atoms with Gasteiger partial charge in [0.05, 0.1) is 0 Å². The number of anilines is 1. The molecule has 1 amide bonds. The summed E-state index contributed by atoms with van der Waals surface area (Å²) in [6.07, 6.45) is 0.682. The molecule has 0 aliphatic rings. The topological polar surface area (TPSA) is 68.3 Å². The van der Waals surface area contributed by atoms with E-state index in [0.717, 1.165) is 11.5 Å². The summed E-state index contributed by atoms with van der Waals surface area (Å²) in [5.41, 5.74) is 6.79. The molecule has 0 saturated heterocycles. The molecule has 1 aromatic carbocycles. The van der Waals surface area contributed by atoms with Crippen molar-refractivity contribution in [2.75, 3.05) is 12.3 Å². The fourth-order valence-electron chi connectivity index (χ4n) is 1.70. The molecule has 18 heavy (non-hydrogen) atoms. The number of aryl methyl sites for hydroxylation is 1. The number of hydrogen-bond donors (Lipinski definition) is 2. The second-order valence-corrected chi connectivity index (χ2v) is 4.14. The van der Waals surface area contributed by atoms with E-state index < -0.39 is 0 Å². The van der Waals surface area contributed by atoms with E-state index in [2.05, 4.69) is 5.32 Å². The fourth-order valence-corrected chi connectivity index (χ4v) is 1.70. The van der Waals surface area contributed by atoms with E-state index in [9.17, 15) is 4.79 Å². The zero-order chi connectivity index (χ0) is 13.0. The van der Waals surface area contributed by atoms with Gasteiger partial charge in [-0.05, 0) is 37.3 Å². The van der Waals surface area contributed by atoms with Gasteiger partial charge in [0.1, 0.15) is 11.5 Å².